The smallest absolute Gasteiger partial charge is 0.0155 e. The Bertz CT molecular complexity index is 833. The van der Waals surface area contributed by atoms with Gasteiger partial charge >= 0.3 is 0 Å². The van der Waals surface area contributed by atoms with Crippen molar-refractivity contribution in [3.63, 3.8) is 0 Å². The predicted octanol–water partition coefficient (Wildman–Crippen LogP) is 6.03. The molecule has 0 N–H and O–H groups in total. The fraction of sp³-hybridized carbons (Fsp3) is 0.304. The van der Waals surface area contributed by atoms with Crippen LogP contribution in [0.1, 0.15) is 48.9 Å². The van der Waals surface area contributed by atoms with Crippen LogP contribution in [0.15, 0.2) is 66.3 Å². The molecule has 0 bridgehead atoms. The van der Waals surface area contributed by atoms with Crippen molar-refractivity contribution in [2.75, 3.05) is 0 Å². The van der Waals surface area contributed by atoms with Gasteiger partial charge in [-0.15, -0.1) is 0 Å². The van der Waals surface area contributed by atoms with Gasteiger partial charge in [0.15, 0.2) is 0 Å². The molecule has 0 amide bonds. The van der Waals surface area contributed by atoms with Gasteiger partial charge in [-0.1, -0.05) is 81.5 Å². The second kappa shape index (κ2) is 4.96. The summed E-state index contributed by atoms with van der Waals surface area (Å²) in [5.74, 6) is 1.00. The predicted molar refractivity (Wildman–Crippen MR) is 98.6 cm³/mol. The molecule has 0 spiro atoms. The second-order valence-electron chi connectivity index (χ2n) is 7.57. The first kappa shape index (κ1) is 14.5. The Morgan fingerprint density at radius 3 is 2.35 bits per heavy atom. The summed E-state index contributed by atoms with van der Waals surface area (Å²) in [6.07, 6.45) is 5.04. The van der Waals surface area contributed by atoms with Crippen molar-refractivity contribution in [2.24, 2.45) is 5.92 Å². The quantitative estimate of drug-likeness (QED) is 0.603. The molecular weight excluding hydrogens is 276 g/mol. The van der Waals surface area contributed by atoms with Crippen molar-refractivity contribution >= 4 is 5.57 Å². The second-order valence-corrected chi connectivity index (χ2v) is 7.57. The van der Waals surface area contributed by atoms with Gasteiger partial charge in [0, 0.05) is 11.3 Å². The Morgan fingerprint density at radius 2 is 1.57 bits per heavy atom. The Balaban J connectivity index is 1.90. The van der Waals surface area contributed by atoms with E-state index in [0.717, 1.165) is 0 Å². The number of fused-ring (bicyclic) bond motifs is 3. The van der Waals surface area contributed by atoms with Crippen LogP contribution in [0, 0.1) is 12.8 Å². The van der Waals surface area contributed by atoms with Crippen LogP contribution in [0.4, 0.5) is 0 Å². The summed E-state index contributed by atoms with van der Waals surface area (Å²) >= 11 is 0. The van der Waals surface area contributed by atoms with Crippen LogP contribution in [-0.4, -0.2) is 0 Å². The molecule has 2 unspecified atom stereocenters. The lowest BCUT2D eigenvalue weighted by Crippen LogP contribution is -2.19. The summed E-state index contributed by atoms with van der Waals surface area (Å²) in [6, 6.07) is 17.7. The molecule has 0 nitrogen and oxygen atoms in total. The summed E-state index contributed by atoms with van der Waals surface area (Å²) in [5.41, 5.74) is 8.83. The average Bonchev–Trinajstić information content (AvgIpc) is 2.76. The molecule has 2 aromatic carbocycles. The molecule has 4 rings (SSSR count). The van der Waals surface area contributed by atoms with Gasteiger partial charge in [-0.3, -0.25) is 0 Å². The molecule has 0 saturated carbocycles. The fourth-order valence-corrected chi connectivity index (χ4v) is 4.40. The standard InChI is InChI=1S/C23H24/c1-15-9-5-6-10-17(15)19-14-20-18-11-7-8-12-21(18)23(3,4)22(20)13-16(19)2/h5-14,16,19H,1-4H3. The highest BCUT2D eigenvalue weighted by atomic mass is 14.4. The Hall–Kier alpha value is -2.08. The average molecular weight is 300 g/mol. The molecule has 2 aromatic rings. The lowest BCUT2D eigenvalue weighted by Gasteiger charge is -2.30. The molecule has 23 heavy (non-hydrogen) atoms. The molecule has 2 aliphatic carbocycles. The van der Waals surface area contributed by atoms with Crippen LogP contribution in [0.25, 0.3) is 5.57 Å². The molecule has 0 radical (unpaired) electrons. The monoisotopic (exact) mass is 300 g/mol. The third-order valence-corrected chi connectivity index (χ3v) is 5.74. The van der Waals surface area contributed by atoms with Gasteiger partial charge in [-0.2, -0.15) is 0 Å². The maximum absolute atomic E-state index is 2.52. The Kier molecular flexibility index (Phi) is 3.13. The molecule has 2 atom stereocenters. The van der Waals surface area contributed by atoms with Gasteiger partial charge in [0.1, 0.15) is 0 Å². The van der Waals surface area contributed by atoms with E-state index in [9.17, 15) is 0 Å². The molecule has 0 aromatic heterocycles. The first-order valence-electron chi connectivity index (χ1n) is 8.60. The van der Waals surface area contributed by atoms with Crippen molar-refractivity contribution in [1.29, 1.82) is 0 Å². The Morgan fingerprint density at radius 1 is 0.870 bits per heavy atom. The van der Waals surface area contributed by atoms with Crippen LogP contribution in [0.2, 0.25) is 0 Å². The number of benzene rings is 2. The minimum atomic E-state index is 0.118. The normalized spacial score (nSPS) is 24.5. The maximum Gasteiger partial charge on any atom is 0.0155 e. The summed E-state index contributed by atoms with van der Waals surface area (Å²) < 4.78 is 0. The molecule has 116 valence electrons. The van der Waals surface area contributed by atoms with Gasteiger partial charge in [-0.05, 0) is 46.2 Å². The van der Waals surface area contributed by atoms with Crippen LogP contribution in [0.3, 0.4) is 0 Å². The van der Waals surface area contributed by atoms with Gasteiger partial charge < -0.3 is 0 Å². The van der Waals surface area contributed by atoms with Crippen molar-refractivity contribution in [3.05, 3.63) is 88.5 Å². The van der Waals surface area contributed by atoms with E-state index in [1.807, 2.05) is 0 Å². The van der Waals surface area contributed by atoms with Crippen LogP contribution in [-0.2, 0) is 5.41 Å². The van der Waals surface area contributed by atoms with Gasteiger partial charge in [-0.25, -0.2) is 0 Å². The fourth-order valence-electron chi connectivity index (χ4n) is 4.40. The van der Waals surface area contributed by atoms with Crippen LogP contribution >= 0.6 is 0 Å². The van der Waals surface area contributed by atoms with Gasteiger partial charge in [0.25, 0.3) is 0 Å². The zero-order chi connectivity index (χ0) is 16.2. The first-order chi connectivity index (χ1) is 11.0. The third kappa shape index (κ3) is 2.05. The Labute approximate surface area is 139 Å². The summed E-state index contributed by atoms with van der Waals surface area (Å²) in [5, 5.41) is 0. The lowest BCUT2D eigenvalue weighted by atomic mass is 9.73. The summed E-state index contributed by atoms with van der Waals surface area (Å²) in [7, 11) is 0. The molecule has 0 heterocycles. The number of hydrogen-bond donors (Lipinski definition) is 0. The molecular formula is C23H24. The van der Waals surface area contributed by atoms with E-state index in [1.165, 1.54) is 33.4 Å². The van der Waals surface area contributed by atoms with E-state index in [2.05, 4.69) is 88.4 Å². The van der Waals surface area contributed by atoms with E-state index >= 15 is 0 Å². The maximum atomic E-state index is 2.52. The molecule has 0 heteroatoms. The van der Waals surface area contributed by atoms with Gasteiger partial charge in [0.05, 0.1) is 0 Å². The van der Waals surface area contributed by atoms with Crippen LogP contribution in [0.5, 0.6) is 0 Å². The zero-order valence-electron chi connectivity index (χ0n) is 14.4. The van der Waals surface area contributed by atoms with Crippen molar-refractivity contribution in [2.45, 2.75) is 39.0 Å². The van der Waals surface area contributed by atoms with E-state index in [1.54, 1.807) is 0 Å². The number of rotatable bonds is 1. The van der Waals surface area contributed by atoms with Gasteiger partial charge in [0.2, 0.25) is 0 Å². The minimum Gasteiger partial charge on any atom is -0.0761 e. The van der Waals surface area contributed by atoms with Crippen LogP contribution < -0.4 is 0 Å². The number of hydrogen-bond acceptors (Lipinski definition) is 0. The van der Waals surface area contributed by atoms with E-state index in [4.69, 9.17) is 0 Å². The number of aryl methyl sites for hydroxylation is 1. The summed E-state index contributed by atoms with van der Waals surface area (Å²) in [6.45, 7) is 9.31. The first-order valence-corrected chi connectivity index (χ1v) is 8.60. The lowest BCUT2D eigenvalue weighted by molar-refractivity contribution is 0.595. The summed E-state index contributed by atoms with van der Waals surface area (Å²) in [4.78, 5) is 0. The largest absolute Gasteiger partial charge is 0.0761 e. The highest BCUT2D eigenvalue weighted by Crippen LogP contribution is 2.53. The SMILES string of the molecule is Cc1ccccc1C1C=C2C(=CC1C)C(C)(C)c1ccccc12. The van der Waals surface area contributed by atoms with E-state index in [-0.39, 0.29) is 5.41 Å². The molecule has 2 aliphatic rings. The molecule has 0 aliphatic heterocycles. The molecule has 0 saturated heterocycles. The zero-order valence-corrected chi connectivity index (χ0v) is 14.4. The van der Waals surface area contributed by atoms with Crippen molar-refractivity contribution < 1.29 is 0 Å². The highest BCUT2D eigenvalue weighted by molar-refractivity contribution is 5.91. The topological polar surface area (TPSA) is 0 Å². The highest BCUT2D eigenvalue weighted by Gasteiger charge is 2.40. The molecule has 0 fully saturated rings. The third-order valence-electron chi connectivity index (χ3n) is 5.74. The minimum absolute atomic E-state index is 0.118. The van der Waals surface area contributed by atoms with E-state index in [0.29, 0.717) is 11.8 Å². The number of allylic oxidation sites excluding steroid dienone is 4. The van der Waals surface area contributed by atoms with E-state index < -0.39 is 0 Å². The van der Waals surface area contributed by atoms with Crippen molar-refractivity contribution in [1.82, 2.24) is 0 Å². The van der Waals surface area contributed by atoms with Crippen molar-refractivity contribution in [3.8, 4) is 0 Å².